The molecule has 0 radical (unpaired) electrons. The van der Waals surface area contributed by atoms with Gasteiger partial charge in [-0.15, -0.1) is 0 Å². The molecule has 23 heavy (non-hydrogen) atoms. The number of hydrogen-bond donors (Lipinski definition) is 0. The number of nitrogens with zero attached hydrogens (tertiary/aromatic N) is 2. The molecule has 0 N–H and O–H groups in total. The highest BCUT2D eigenvalue weighted by Crippen LogP contribution is 2.28. The summed E-state index contributed by atoms with van der Waals surface area (Å²) in [7, 11) is 0. The first-order valence-electron chi connectivity index (χ1n) is 8.75. The van der Waals surface area contributed by atoms with Crippen molar-refractivity contribution in [3.05, 3.63) is 57.7 Å². The van der Waals surface area contributed by atoms with Gasteiger partial charge in [-0.25, -0.2) is 4.98 Å². The lowest BCUT2D eigenvalue weighted by molar-refractivity contribution is 0.579. The lowest BCUT2D eigenvalue weighted by Gasteiger charge is -2.18. The van der Waals surface area contributed by atoms with Gasteiger partial charge in [-0.1, -0.05) is 32.1 Å². The van der Waals surface area contributed by atoms with Gasteiger partial charge >= 0.3 is 0 Å². The predicted molar refractivity (Wildman–Crippen MR) is 97.3 cm³/mol. The zero-order valence-corrected chi connectivity index (χ0v) is 14.8. The molecule has 0 saturated carbocycles. The summed E-state index contributed by atoms with van der Waals surface area (Å²) in [5, 5.41) is 0. The van der Waals surface area contributed by atoms with E-state index in [2.05, 4.69) is 32.1 Å². The zero-order chi connectivity index (χ0) is 16.8. The fourth-order valence-electron chi connectivity index (χ4n) is 3.28. The molecular formula is C20H28N2O. The maximum Gasteiger partial charge on any atom is 0.261 e. The number of fused-ring (bicyclic) bond motifs is 1. The van der Waals surface area contributed by atoms with E-state index in [0.717, 1.165) is 42.6 Å². The first-order chi connectivity index (χ1) is 11.1. The predicted octanol–water partition coefficient (Wildman–Crippen LogP) is 4.81. The highest BCUT2D eigenvalue weighted by Gasteiger charge is 2.16. The molecule has 0 spiro atoms. The molecule has 0 amide bonds. The fraction of sp³-hybridized carbons (Fsp3) is 0.500. The van der Waals surface area contributed by atoms with E-state index in [0.29, 0.717) is 5.92 Å². The monoisotopic (exact) mass is 312 g/mol. The van der Waals surface area contributed by atoms with Crippen molar-refractivity contribution in [1.29, 1.82) is 0 Å². The van der Waals surface area contributed by atoms with Gasteiger partial charge in [0.1, 0.15) is 5.65 Å². The molecule has 1 unspecified atom stereocenters. The quantitative estimate of drug-likeness (QED) is 0.543. The second-order valence-electron chi connectivity index (χ2n) is 6.10. The molecule has 0 bridgehead atoms. The van der Waals surface area contributed by atoms with E-state index in [1.54, 1.807) is 4.40 Å². The first-order valence-corrected chi connectivity index (χ1v) is 8.75. The van der Waals surface area contributed by atoms with Gasteiger partial charge in [0.05, 0.1) is 0 Å². The van der Waals surface area contributed by atoms with Crippen molar-refractivity contribution in [2.45, 2.75) is 65.7 Å². The molecular weight excluding hydrogens is 284 g/mol. The summed E-state index contributed by atoms with van der Waals surface area (Å²) in [6.07, 6.45) is 11.4. The average molecular weight is 312 g/mol. The van der Waals surface area contributed by atoms with E-state index in [1.807, 2.05) is 26.1 Å². The number of allylic oxidation sites excluding steroid dienone is 2. The van der Waals surface area contributed by atoms with Crippen molar-refractivity contribution < 1.29 is 0 Å². The largest absolute Gasteiger partial charge is 0.269 e. The summed E-state index contributed by atoms with van der Waals surface area (Å²) in [6.45, 7) is 8.24. The molecule has 124 valence electrons. The van der Waals surface area contributed by atoms with Crippen LogP contribution in [0.2, 0.25) is 0 Å². The molecule has 0 aliphatic rings. The number of rotatable bonds is 7. The molecule has 2 aromatic rings. The minimum Gasteiger partial charge on any atom is -0.269 e. The highest BCUT2D eigenvalue weighted by molar-refractivity contribution is 5.51. The van der Waals surface area contributed by atoms with E-state index in [4.69, 9.17) is 4.98 Å². The molecule has 0 saturated heterocycles. The Morgan fingerprint density at radius 1 is 1.35 bits per heavy atom. The summed E-state index contributed by atoms with van der Waals surface area (Å²) in [4.78, 5) is 17.4. The van der Waals surface area contributed by atoms with Crippen molar-refractivity contribution in [3.8, 4) is 0 Å². The zero-order valence-electron chi connectivity index (χ0n) is 14.8. The number of aryl methyl sites for hydroxylation is 1. The van der Waals surface area contributed by atoms with Crippen LogP contribution in [0.5, 0.6) is 0 Å². The smallest absolute Gasteiger partial charge is 0.261 e. The van der Waals surface area contributed by atoms with Crippen LogP contribution in [0.1, 0.15) is 69.2 Å². The summed E-state index contributed by atoms with van der Waals surface area (Å²) in [5.41, 5.74) is 3.82. The van der Waals surface area contributed by atoms with Crippen molar-refractivity contribution in [3.63, 3.8) is 0 Å². The SMILES string of the molecule is CC=CCCCC(CC)c1cccn2c(=O)c(CC)c(C)nc12. The molecule has 3 nitrogen and oxygen atoms in total. The van der Waals surface area contributed by atoms with E-state index >= 15 is 0 Å². The highest BCUT2D eigenvalue weighted by atomic mass is 16.1. The van der Waals surface area contributed by atoms with E-state index in [9.17, 15) is 4.79 Å². The first kappa shape index (κ1) is 17.5. The molecule has 3 heteroatoms. The van der Waals surface area contributed by atoms with Crippen molar-refractivity contribution in [2.75, 3.05) is 0 Å². The van der Waals surface area contributed by atoms with Gasteiger partial charge in [-0.2, -0.15) is 0 Å². The minimum absolute atomic E-state index is 0.0839. The lowest BCUT2D eigenvalue weighted by atomic mass is 9.91. The number of unbranched alkanes of at least 4 members (excludes halogenated alkanes) is 1. The molecule has 0 aromatic carbocycles. The fourth-order valence-corrected chi connectivity index (χ4v) is 3.28. The molecule has 2 heterocycles. The summed E-state index contributed by atoms with van der Waals surface area (Å²) < 4.78 is 1.73. The Hall–Kier alpha value is -1.90. The third-order valence-electron chi connectivity index (χ3n) is 4.63. The van der Waals surface area contributed by atoms with Gasteiger partial charge in [0, 0.05) is 17.5 Å². The van der Waals surface area contributed by atoms with E-state index < -0.39 is 0 Å². The van der Waals surface area contributed by atoms with E-state index in [-0.39, 0.29) is 5.56 Å². The van der Waals surface area contributed by atoms with Crippen LogP contribution < -0.4 is 5.56 Å². The molecule has 1 atom stereocenters. The number of hydrogen-bond acceptors (Lipinski definition) is 2. The third-order valence-corrected chi connectivity index (χ3v) is 4.63. The normalized spacial score (nSPS) is 13.0. The van der Waals surface area contributed by atoms with Crippen LogP contribution >= 0.6 is 0 Å². The Morgan fingerprint density at radius 2 is 2.13 bits per heavy atom. The van der Waals surface area contributed by atoms with Crippen molar-refractivity contribution in [2.24, 2.45) is 0 Å². The molecule has 0 fully saturated rings. The molecule has 0 aliphatic carbocycles. The molecule has 0 aliphatic heterocycles. The maximum absolute atomic E-state index is 12.7. The van der Waals surface area contributed by atoms with Crippen LogP contribution in [0.3, 0.4) is 0 Å². The van der Waals surface area contributed by atoms with Crippen LogP contribution in [-0.4, -0.2) is 9.38 Å². The Bertz CT molecular complexity index is 743. The average Bonchev–Trinajstić information content (AvgIpc) is 2.55. The van der Waals surface area contributed by atoms with Gasteiger partial charge in [-0.3, -0.25) is 9.20 Å². The standard InChI is InChI=1S/C20H28N2O/c1-5-8-9-10-12-16(6-2)18-13-11-14-22-19(18)21-15(4)17(7-3)20(22)23/h5,8,11,13-14,16H,6-7,9-10,12H2,1-4H3. The van der Waals surface area contributed by atoms with Crippen LogP contribution in [0.4, 0.5) is 0 Å². The van der Waals surface area contributed by atoms with Gasteiger partial charge < -0.3 is 0 Å². The van der Waals surface area contributed by atoms with Crippen molar-refractivity contribution in [1.82, 2.24) is 9.38 Å². The molecule has 2 rings (SSSR count). The Balaban J connectivity index is 2.45. The van der Waals surface area contributed by atoms with Crippen LogP contribution in [0.25, 0.3) is 5.65 Å². The van der Waals surface area contributed by atoms with Gasteiger partial charge in [0.25, 0.3) is 5.56 Å². The number of aromatic nitrogens is 2. The van der Waals surface area contributed by atoms with Gasteiger partial charge in [0.15, 0.2) is 0 Å². The minimum atomic E-state index is 0.0839. The number of pyridine rings is 1. The van der Waals surface area contributed by atoms with E-state index in [1.165, 1.54) is 12.0 Å². The molecule has 2 aromatic heterocycles. The summed E-state index contributed by atoms with van der Waals surface area (Å²) >= 11 is 0. The van der Waals surface area contributed by atoms with Crippen molar-refractivity contribution >= 4 is 5.65 Å². The Morgan fingerprint density at radius 3 is 2.78 bits per heavy atom. The third kappa shape index (κ3) is 3.72. The van der Waals surface area contributed by atoms with Crippen LogP contribution in [-0.2, 0) is 6.42 Å². The van der Waals surface area contributed by atoms with Gasteiger partial charge in [-0.05, 0) is 63.5 Å². The van der Waals surface area contributed by atoms with Gasteiger partial charge in [0.2, 0.25) is 0 Å². The second-order valence-corrected chi connectivity index (χ2v) is 6.10. The van der Waals surface area contributed by atoms with Crippen LogP contribution in [0, 0.1) is 6.92 Å². The summed E-state index contributed by atoms with van der Waals surface area (Å²) in [6, 6.07) is 4.12. The lowest BCUT2D eigenvalue weighted by Crippen LogP contribution is -2.22. The second kappa shape index (κ2) is 8.09. The maximum atomic E-state index is 12.7. The van der Waals surface area contributed by atoms with Crippen LogP contribution in [0.15, 0.2) is 35.3 Å². The Kier molecular flexibility index (Phi) is 6.14. The topological polar surface area (TPSA) is 34.4 Å². The Labute approximate surface area is 139 Å². The summed E-state index contributed by atoms with van der Waals surface area (Å²) in [5.74, 6) is 0.454.